The molecule has 1 aromatic rings. The van der Waals surface area contributed by atoms with Crippen molar-refractivity contribution >= 4 is 17.7 Å². The third-order valence-electron chi connectivity index (χ3n) is 2.31. The molecule has 0 bridgehead atoms. The Morgan fingerprint density at radius 2 is 1.94 bits per heavy atom. The van der Waals surface area contributed by atoms with Crippen LogP contribution in [0.15, 0.2) is 30.3 Å². The molecule has 1 atom stereocenters. The van der Waals surface area contributed by atoms with E-state index in [1.165, 1.54) is 0 Å². The molecule has 0 spiro atoms. The second kappa shape index (κ2) is 4.14. The Balaban J connectivity index is 2.03. The molecule has 2 N–H and O–H groups in total. The standard InChI is InChI=1S/C11H10N2O3/c14-9-6-8(11(16)13-9)12-10(15)7-4-2-1-3-5-7/h1-5,8H,6H2,(H,12,15)(H,13,14,16)/t8-/m1/s1. The van der Waals surface area contributed by atoms with Crippen LogP contribution in [0.4, 0.5) is 0 Å². The summed E-state index contributed by atoms with van der Waals surface area (Å²) in [6.07, 6.45) is 0.0113. The van der Waals surface area contributed by atoms with E-state index in [-0.39, 0.29) is 18.2 Å². The predicted octanol–water partition coefficient (Wildman–Crippen LogP) is -0.169. The monoisotopic (exact) mass is 218 g/mol. The first-order valence-electron chi connectivity index (χ1n) is 4.86. The van der Waals surface area contributed by atoms with Crippen LogP contribution in [0.3, 0.4) is 0 Å². The quantitative estimate of drug-likeness (QED) is 0.677. The van der Waals surface area contributed by atoms with E-state index in [1.54, 1.807) is 30.3 Å². The number of imide groups is 1. The summed E-state index contributed by atoms with van der Waals surface area (Å²) in [5, 5.41) is 4.63. The number of nitrogens with one attached hydrogen (secondary N) is 2. The van der Waals surface area contributed by atoms with Crippen LogP contribution in [-0.2, 0) is 9.59 Å². The Labute approximate surface area is 91.8 Å². The summed E-state index contributed by atoms with van der Waals surface area (Å²) in [5.74, 6) is -1.16. The van der Waals surface area contributed by atoms with Gasteiger partial charge < -0.3 is 5.32 Å². The van der Waals surface area contributed by atoms with Gasteiger partial charge in [0.15, 0.2) is 0 Å². The highest BCUT2D eigenvalue weighted by atomic mass is 16.2. The Bertz CT molecular complexity index is 442. The molecule has 0 aromatic heterocycles. The second-order valence-electron chi connectivity index (χ2n) is 3.51. The van der Waals surface area contributed by atoms with Gasteiger partial charge >= 0.3 is 0 Å². The molecule has 82 valence electrons. The maximum atomic E-state index is 11.7. The average molecular weight is 218 g/mol. The molecular formula is C11H10N2O3. The van der Waals surface area contributed by atoms with Crippen molar-refractivity contribution in [1.82, 2.24) is 10.6 Å². The fraction of sp³-hybridized carbons (Fsp3) is 0.182. The number of amides is 3. The lowest BCUT2D eigenvalue weighted by Crippen LogP contribution is -2.40. The summed E-state index contributed by atoms with van der Waals surface area (Å²) in [4.78, 5) is 33.8. The molecule has 0 radical (unpaired) electrons. The van der Waals surface area contributed by atoms with Crippen molar-refractivity contribution in [2.24, 2.45) is 0 Å². The predicted molar refractivity (Wildman–Crippen MR) is 55.5 cm³/mol. The minimum Gasteiger partial charge on any atom is -0.340 e. The molecule has 1 saturated heterocycles. The highest BCUT2D eigenvalue weighted by Crippen LogP contribution is 2.04. The summed E-state index contributed by atoms with van der Waals surface area (Å²) in [7, 11) is 0. The SMILES string of the molecule is O=C1C[C@@H](NC(=O)c2ccccc2)C(=O)N1. The highest BCUT2D eigenvalue weighted by Gasteiger charge is 2.31. The molecule has 1 aliphatic rings. The molecule has 5 nitrogen and oxygen atoms in total. The first-order valence-corrected chi connectivity index (χ1v) is 4.86. The van der Waals surface area contributed by atoms with E-state index < -0.39 is 11.9 Å². The zero-order valence-electron chi connectivity index (χ0n) is 8.40. The summed E-state index contributed by atoms with van der Waals surface area (Å²) in [6, 6.07) is 7.79. The molecule has 16 heavy (non-hydrogen) atoms. The van der Waals surface area contributed by atoms with Gasteiger partial charge in [0.25, 0.3) is 5.91 Å². The summed E-state index contributed by atoms with van der Waals surface area (Å²) in [5.41, 5.74) is 0.467. The van der Waals surface area contributed by atoms with Crippen LogP contribution in [0, 0.1) is 0 Å². The van der Waals surface area contributed by atoms with Gasteiger partial charge in [0.05, 0.1) is 6.42 Å². The zero-order chi connectivity index (χ0) is 11.5. The molecule has 1 aromatic carbocycles. The largest absolute Gasteiger partial charge is 0.340 e. The average Bonchev–Trinajstić information content (AvgIpc) is 2.59. The van der Waals surface area contributed by atoms with Gasteiger partial charge in [0.1, 0.15) is 6.04 Å². The molecule has 0 aliphatic carbocycles. The maximum absolute atomic E-state index is 11.7. The zero-order valence-corrected chi connectivity index (χ0v) is 8.40. The minimum absolute atomic E-state index is 0.0113. The van der Waals surface area contributed by atoms with Crippen LogP contribution in [-0.4, -0.2) is 23.8 Å². The van der Waals surface area contributed by atoms with E-state index in [0.29, 0.717) is 5.56 Å². The Hall–Kier alpha value is -2.17. The molecule has 2 rings (SSSR count). The number of carbonyl (C=O) groups is 3. The van der Waals surface area contributed by atoms with Crippen molar-refractivity contribution < 1.29 is 14.4 Å². The molecule has 1 fully saturated rings. The first-order chi connectivity index (χ1) is 7.66. The van der Waals surface area contributed by atoms with Gasteiger partial charge in [0.2, 0.25) is 11.8 Å². The van der Waals surface area contributed by atoms with Crippen molar-refractivity contribution in [3.8, 4) is 0 Å². The van der Waals surface area contributed by atoms with Crippen LogP contribution in [0.25, 0.3) is 0 Å². The van der Waals surface area contributed by atoms with Gasteiger partial charge in [0, 0.05) is 5.56 Å². The summed E-state index contributed by atoms with van der Waals surface area (Å²) >= 11 is 0. The smallest absolute Gasteiger partial charge is 0.251 e. The molecular weight excluding hydrogens is 208 g/mol. The fourth-order valence-corrected chi connectivity index (χ4v) is 1.50. The molecule has 5 heteroatoms. The minimum atomic E-state index is -0.750. The van der Waals surface area contributed by atoms with Gasteiger partial charge in [-0.1, -0.05) is 18.2 Å². The lowest BCUT2D eigenvalue weighted by atomic mass is 10.2. The van der Waals surface area contributed by atoms with E-state index in [2.05, 4.69) is 10.6 Å². The van der Waals surface area contributed by atoms with E-state index in [0.717, 1.165) is 0 Å². The van der Waals surface area contributed by atoms with Crippen LogP contribution in [0.2, 0.25) is 0 Å². The molecule has 0 saturated carbocycles. The van der Waals surface area contributed by atoms with Crippen LogP contribution in [0.1, 0.15) is 16.8 Å². The number of carbonyl (C=O) groups excluding carboxylic acids is 3. The second-order valence-corrected chi connectivity index (χ2v) is 3.51. The van der Waals surface area contributed by atoms with Crippen molar-refractivity contribution in [1.29, 1.82) is 0 Å². The van der Waals surface area contributed by atoms with Gasteiger partial charge in [-0.05, 0) is 12.1 Å². The van der Waals surface area contributed by atoms with Gasteiger partial charge in [-0.3, -0.25) is 19.7 Å². The number of benzene rings is 1. The molecule has 3 amide bonds. The van der Waals surface area contributed by atoms with Crippen molar-refractivity contribution in [2.45, 2.75) is 12.5 Å². The van der Waals surface area contributed by atoms with Crippen LogP contribution in [0.5, 0.6) is 0 Å². The Morgan fingerprint density at radius 3 is 2.50 bits per heavy atom. The van der Waals surface area contributed by atoms with Gasteiger partial charge in [-0.2, -0.15) is 0 Å². The maximum Gasteiger partial charge on any atom is 0.251 e. The third kappa shape index (κ3) is 2.08. The van der Waals surface area contributed by atoms with Crippen molar-refractivity contribution in [3.63, 3.8) is 0 Å². The molecule has 0 unspecified atom stereocenters. The summed E-state index contributed by atoms with van der Waals surface area (Å²) < 4.78 is 0. The Morgan fingerprint density at radius 1 is 1.25 bits per heavy atom. The van der Waals surface area contributed by atoms with Crippen molar-refractivity contribution in [2.75, 3.05) is 0 Å². The van der Waals surface area contributed by atoms with Gasteiger partial charge in [-0.15, -0.1) is 0 Å². The van der Waals surface area contributed by atoms with Crippen molar-refractivity contribution in [3.05, 3.63) is 35.9 Å². The topological polar surface area (TPSA) is 75.3 Å². The fourth-order valence-electron chi connectivity index (χ4n) is 1.50. The van der Waals surface area contributed by atoms with Crippen LogP contribution < -0.4 is 10.6 Å². The summed E-state index contributed by atoms with van der Waals surface area (Å²) in [6.45, 7) is 0. The number of hydrogen-bond donors (Lipinski definition) is 2. The Kier molecular flexibility index (Phi) is 2.68. The lowest BCUT2D eigenvalue weighted by Gasteiger charge is -2.08. The van der Waals surface area contributed by atoms with E-state index >= 15 is 0 Å². The van der Waals surface area contributed by atoms with E-state index in [4.69, 9.17) is 0 Å². The van der Waals surface area contributed by atoms with E-state index in [1.807, 2.05) is 0 Å². The molecule has 1 aliphatic heterocycles. The van der Waals surface area contributed by atoms with Gasteiger partial charge in [-0.25, -0.2) is 0 Å². The lowest BCUT2D eigenvalue weighted by molar-refractivity contribution is -0.125. The molecule has 1 heterocycles. The normalized spacial score (nSPS) is 19.4. The van der Waals surface area contributed by atoms with Crippen LogP contribution >= 0.6 is 0 Å². The van der Waals surface area contributed by atoms with E-state index in [9.17, 15) is 14.4 Å². The number of rotatable bonds is 2. The number of hydrogen-bond acceptors (Lipinski definition) is 3. The third-order valence-corrected chi connectivity index (χ3v) is 2.31. The first kappa shape index (κ1) is 10.4. The highest BCUT2D eigenvalue weighted by molar-refractivity contribution is 6.08.